The molecular weight excluding hydrogens is 216 g/mol. The van der Waals surface area contributed by atoms with Gasteiger partial charge in [0, 0.05) is 12.5 Å². The lowest BCUT2D eigenvalue weighted by molar-refractivity contribution is -0.127. The normalized spacial score (nSPS) is 24.0. The first-order valence-corrected chi connectivity index (χ1v) is 5.93. The third-order valence-electron chi connectivity index (χ3n) is 3.25. The average Bonchev–Trinajstić information content (AvgIpc) is 3.10. The maximum absolute atomic E-state index is 12.0. The molecule has 0 radical (unpaired) electrons. The smallest absolute Gasteiger partial charge is 0.325 e. The molecule has 2 fully saturated rings. The number of benzene rings is 1. The summed E-state index contributed by atoms with van der Waals surface area (Å²) in [4.78, 5) is 25.1. The van der Waals surface area contributed by atoms with E-state index in [2.05, 4.69) is 5.32 Å². The van der Waals surface area contributed by atoms with Crippen molar-refractivity contribution in [3.63, 3.8) is 0 Å². The summed E-state index contributed by atoms with van der Waals surface area (Å²) in [6, 6.07) is 9.31. The summed E-state index contributed by atoms with van der Waals surface area (Å²) in [6.07, 6.45) is 2.49. The first-order valence-electron chi connectivity index (χ1n) is 5.93. The molecular formula is C13H14N2O2. The van der Waals surface area contributed by atoms with Crippen molar-refractivity contribution in [2.24, 2.45) is 0 Å². The van der Waals surface area contributed by atoms with Crippen molar-refractivity contribution in [3.8, 4) is 0 Å². The lowest BCUT2D eigenvalue weighted by Crippen LogP contribution is -2.34. The van der Waals surface area contributed by atoms with Crippen molar-refractivity contribution < 1.29 is 9.59 Å². The zero-order valence-corrected chi connectivity index (χ0v) is 9.43. The van der Waals surface area contributed by atoms with Gasteiger partial charge >= 0.3 is 6.03 Å². The second kappa shape index (κ2) is 3.87. The van der Waals surface area contributed by atoms with Gasteiger partial charge in [-0.15, -0.1) is 0 Å². The van der Waals surface area contributed by atoms with Gasteiger partial charge in [0.05, 0.1) is 0 Å². The zero-order valence-electron chi connectivity index (χ0n) is 9.43. The summed E-state index contributed by atoms with van der Waals surface area (Å²) in [5, 5.41) is 2.76. The monoisotopic (exact) mass is 230 g/mol. The van der Waals surface area contributed by atoms with E-state index < -0.39 is 0 Å². The van der Waals surface area contributed by atoms with Gasteiger partial charge in [0.2, 0.25) is 0 Å². The number of nitrogens with zero attached hydrogens (tertiary/aromatic N) is 1. The van der Waals surface area contributed by atoms with E-state index in [4.69, 9.17) is 0 Å². The zero-order chi connectivity index (χ0) is 11.8. The molecule has 0 aromatic heterocycles. The molecule has 1 unspecified atom stereocenters. The van der Waals surface area contributed by atoms with Gasteiger partial charge in [0.25, 0.3) is 5.91 Å². The number of imide groups is 1. The molecule has 88 valence electrons. The standard InChI is InChI=1S/C13H14N2O2/c16-12-11(8-9-4-2-1-3-5-9)14-13(17)15(12)10-6-7-10/h1-5,10-11H,6-8H2,(H,14,17). The lowest BCUT2D eigenvalue weighted by Gasteiger charge is -2.11. The van der Waals surface area contributed by atoms with Crippen LogP contribution in [-0.4, -0.2) is 28.9 Å². The Bertz CT molecular complexity index is 454. The molecule has 2 aliphatic rings. The largest absolute Gasteiger partial charge is 0.325 e. The number of rotatable bonds is 3. The number of urea groups is 1. The van der Waals surface area contributed by atoms with Crippen molar-refractivity contribution in [1.82, 2.24) is 10.2 Å². The number of hydrogen-bond acceptors (Lipinski definition) is 2. The minimum Gasteiger partial charge on any atom is -0.325 e. The fourth-order valence-electron chi connectivity index (χ4n) is 2.21. The van der Waals surface area contributed by atoms with E-state index in [1.165, 1.54) is 4.90 Å². The van der Waals surface area contributed by atoms with E-state index in [-0.39, 0.29) is 24.0 Å². The Balaban J connectivity index is 1.73. The van der Waals surface area contributed by atoms with Crippen LogP contribution in [0.5, 0.6) is 0 Å². The number of carbonyl (C=O) groups is 2. The number of hydrogen-bond donors (Lipinski definition) is 1. The molecule has 0 spiro atoms. The summed E-state index contributed by atoms with van der Waals surface area (Å²) in [6.45, 7) is 0. The SMILES string of the molecule is O=C1NC(Cc2ccccc2)C(=O)N1C1CC1. The Morgan fingerprint density at radius 2 is 1.88 bits per heavy atom. The van der Waals surface area contributed by atoms with Crippen LogP contribution < -0.4 is 5.32 Å². The molecule has 1 saturated heterocycles. The van der Waals surface area contributed by atoms with E-state index in [0.717, 1.165) is 18.4 Å². The van der Waals surface area contributed by atoms with Gasteiger partial charge in [0.15, 0.2) is 0 Å². The maximum Gasteiger partial charge on any atom is 0.325 e. The third kappa shape index (κ3) is 1.90. The molecule has 17 heavy (non-hydrogen) atoms. The van der Waals surface area contributed by atoms with Crippen LogP contribution in [-0.2, 0) is 11.2 Å². The molecule has 3 rings (SSSR count). The van der Waals surface area contributed by atoms with Crippen LogP contribution in [0.25, 0.3) is 0 Å². The third-order valence-corrected chi connectivity index (χ3v) is 3.25. The van der Waals surface area contributed by atoms with Crippen molar-refractivity contribution in [3.05, 3.63) is 35.9 Å². The highest BCUT2D eigenvalue weighted by atomic mass is 16.2. The van der Waals surface area contributed by atoms with Gasteiger partial charge in [-0.3, -0.25) is 9.69 Å². The number of nitrogens with one attached hydrogen (secondary N) is 1. The van der Waals surface area contributed by atoms with Crippen LogP contribution in [0.15, 0.2) is 30.3 Å². The second-order valence-corrected chi connectivity index (χ2v) is 4.63. The Hall–Kier alpha value is -1.84. The fraction of sp³-hybridized carbons (Fsp3) is 0.385. The van der Waals surface area contributed by atoms with Crippen molar-refractivity contribution in [2.75, 3.05) is 0 Å². The van der Waals surface area contributed by atoms with E-state index in [1.54, 1.807) is 0 Å². The molecule has 1 aliphatic heterocycles. The molecule has 1 heterocycles. The van der Waals surface area contributed by atoms with Crippen molar-refractivity contribution >= 4 is 11.9 Å². The quantitative estimate of drug-likeness (QED) is 0.796. The fourth-order valence-corrected chi connectivity index (χ4v) is 2.21. The first kappa shape index (κ1) is 10.3. The minimum absolute atomic E-state index is 0.0682. The van der Waals surface area contributed by atoms with Gasteiger partial charge in [0.1, 0.15) is 6.04 Å². The van der Waals surface area contributed by atoms with Gasteiger partial charge in [-0.05, 0) is 18.4 Å². The molecule has 1 N–H and O–H groups in total. The van der Waals surface area contributed by atoms with Crippen LogP contribution in [0.3, 0.4) is 0 Å². The Kier molecular flexibility index (Phi) is 2.35. The molecule has 1 aromatic carbocycles. The van der Waals surface area contributed by atoms with Crippen LogP contribution in [0.4, 0.5) is 4.79 Å². The lowest BCUT2D eigenvalue weighted by atomic mass is 10.1. The van der Waals surface area contributed by atoms with Gasteiger partial charge in [-0.1, -0.05) is 30.3 Å². The van der Waals surface area contributed by atoms with Gasteiger partial charge in [-0.2, -0.15) is 0 Å². The summed E-state index contributed by atoms with van der Waals surface area (Å²) in [5.41, 5.74) is 1.07. The van der Waals surface area contributed by atoms with Crippen molar-refractivity contribution in [2.45, 2.75) is 31.3 Å². The molecule has 4 heteroatoms. The van der Waals surface area contributed by atoms with E-state index in [1.807, 2.05) is 30.3 Å². The minimum atomic E-state index is -0.384. The van der Waals surface area contributed by atoms with Crippen LogP contribution >= 0.6 is 0 Å². The average molecular weight is 230 g/mol. The highest BCUT2D eigenvalue weighted by molar-refractivity contribution is 6.04. The maximum atomic E-state index is 12.0. The molecule has 3 amide bonds. The van der Waals surface area contributed by atoms with Gasteiger partial charge in [-0.25, -0.2) is 4.79 Å². The summed E-state index contributed by atoms with van der Waals surface area (Å²) >= 11 is 0. The topological polar surface area (TPSA) is 49.4 Å². The number of carbonyl (C=O) groups excluding carboxylic acids is 2. The highest BCUT2D eigenvalue weighted by Crippen LogP contribution is 2.30. The summed E-state index contributed by atoms with van der Waals surface area (Å²) in [7, 11) is 0. The van der Waals surface area contributed by atoms with Crippen LogP contribution in [0.2, 0.25) is 0 Å². The summed E-state index contributed by atoms with van der Waals surface area (Å²) in [5.74, 6) is -0.0682. The van der Waals surface area contributed by atoms with E-state index in [0.29, 0.717) is 6.42 Å². The van der Waals surface area contributed by atoms with E-state index >= 15 is 0 Å². The van der Waals surface area contributed by atoms with Gasteiger partial charge < -0.3 is 5.32 Å². The Labute approximate surface area is 99.6 Å². The predicted molar refractivity (Wildman–Crippen MR) is 62.3 cm³/mol. The number of amides is 3. The first-order chi connectivity index (χ1) is 8.25. The Morgan fingerprint density at radius 3 is 2.53 bits per heavy atom. The van der Waals surface area contributed by atoms with Crippen molar-refractivity contribution in [1.29, 1.82) is 0 Å². The molecule has 1 atom stereocenters. The predicted octanol–water partition coefficient (Wildman–Crippen LogP) is 1.31. The van der Waals surface area contributed by atoms with Crippen LogP contribution in [0.1, 0.15) is 18.4 Å². The molecule has 0 bridgehead atoms. The second-order valence-electron chi connectivity index (χ2n) is 4.63. The molecule has 1 saturated carbocycles. The van der Waals surface area contributed by atoms with Crippen LogP contribution in [0, 0.1) is 0 Å². The molecule has 1 aliphatic carbocycles. The molecule has 4 nitrogen and oxygen atoms in total. The highest BCUT2D eigenvalue weighted by Gasteiger charge is 2.45. The summed E-state index contributed by atoms with van der Waals surface area (Å²) < 4.78 is 0. The molecule has 1 aromatic rings. The van der Waals surface area contributed by atoms with E-state index in [9.17, 15) is 9.59 Å². The Morgan fingerprint density at radius 1 is 1.18 bits per heavy atom.